The molecule has 0 saturated carbocycles. The molecule has 102 valence electrons. The Morgan fingerprint density at radius 2 is 2.00 bits per heavy atom. The Morgan fingerprint density at radius 1 is 1.25 bits per heavy atom. The van der Waals surface area contributed by atoms with E-state index in [2.05, 4.69) is 16.4 Å². The molecule has 2 atom stereocenters. The topological polar surface area (TPSA) is 68.9 Å². The largest absolute Gasteiger partial charge is 0.387 e. The van der Waals surface area contributed by atoms with Crippen LogP contribution in [-0.2, 0) is 0 Å². The van der Waals surface area contributed by atoms with Gasteiger partial charge in [0.25, 0.3) is 0 Å². The third-order valence-corrected chi connectivity index (χ3v) is 3.17. The number of rotatable bonds is 5. The van der Waals surface area contributed by atoms with Crippen LogP contribution in [0.2, 0.25) is 0 Å². The van der Waals surface area contributed by atoms with Crippen molar-refractivity contribution in [3.8, 4) is 6.07 Å². The normalized spacial score (nSPS) is 13.4. The fraction of sp³-hybridized carbons (Fsp3) is 0.250. The predicted octanol–water partition coefficient (Wildman–Crippen LogP) is 2.34. The molecule has 0 aliphatic heterocycles. The zero-order chi connectivity index (χ0) is 14.4. The Hall–Kier alpha value is -2.22. The van der Waals surface area contributed by atoms with Crippen molar-refractivity contribution >= 4 is 0 Å². The monoisotopic (exact) mass is 267 g/mol. The highest BCUT2D eigenvalue weighted by atomic mass is 16.3. The SMILES string of the molecule is CC(NCC(O)c1ccc(C#N)cc1)c1ccccn1. The molecule has 2 rings (SSSR count). The Morgan fingerprint density at radius 3 is 2.60 bits per heavy atom. The first kappa shape index (κ1) is 14.2. The summed E-state index contributed by atoms with van der Waals surface area (Å²) >= 11 is 0. The fourth-order valence-electron chi connectivity index (χ4n) is 1.92. The van der Waals surface area contributed by atoms with Crippen LogP contribution in [0.3, 0.4) is 0 Å². The standard InChI is InChI=1S/C16H17N3O/c1-12(15-4-2-3-9-18-15)19-11-16(20)14-7-5-13(10-17)6-8-14/h2-9,12,16,19-20H,11H2,1H3. The van der Waals surface area contributed by atoms with Gasteiger partial charge in [-0.3, -0.25) is 4.98 Å². The summed E-state index contributed by atoms with van der Waals surface area (Å²) in [6.45, 7) is 2.44. The second-order valence-corrected chi connectivity index (χ2v) is 4.63. The van der Waals surface area contributed by atoms with Crippen molar-refractivity contribution in [1.29, 1.82) is 5.26 Å². The van der Waals surface area contributed by atoms with Crippen LogP contribution in [0.5, 0.6) is 0 Å². The highest BCUT2D eigenvalue weighted by Gasteiger charge is 2.11. The number of aliphatic hydroxyl groups excluding tert-OH is 1. The van der Waals surface area contributed by atoms with Crippen molar-refractivity contribution in [2.45, 2.75) is 19.1 Å². The summed E-state index contributed by atoms with van der Waals surface area (Å²) in [5, 5.41) is 22.1. The van der Waals surface area contributed by atoms with Crippen LogP contribution in [0.15, 0.2) is 48.7 Å². The Labute approximate surface area is 118 Å². The Kier molecular flexibility index (Phi) is 4.83. The molecule has 0 amide bonds. The van der Waals surface area contributed by atoms with Gasteiger partial charge in [-0.05, 0) is 36.8 Å². The molecule has 0 aliphatic carbocycles. The number of nitrogens with one attached hydrogen (secondary N) is 1. The minimum Gasteiger partial charge on any atom is -0.387 e. The third kappa shape index (κ3) is 3.64. The predicted molar refractivity (Wildman–Crippen MR) is 76.8 cm³/mol. The molecule has 1 aromatic heterocycles. The molecule has 0 fully saturated rings. The van der Waals surface area contributed by atoms with E-state index in [1.54, 1.807) is 30.5 Å². The maximum Gasteiger partial charge on any atom is 0.0991 e. The molecule has 20 heavy (non-hydrogen) atoms. The zero-order valence-electron chi connectivity index (χ0n) is 11.3. The molecule has 0 saturated heterocycles. The molecule has 2 aromatic rings. The van der Waals surface area contributed by atoms with E-state index in [1.807, 2.05) is 25.1 Å². The summed E-state index contributed by atoms with van der Waals surface area (Å²) in [5.74, 6) is 0. The zero-order valence-corrected chi connectivity index (χ0v) is 11.3. The van der Waals surface area contributed by atoms with E-state index in [0.717, 1.165) is 11.3 Å². The van der Waals surface area contributed by atoms with Crippen LogP contribution in [0.25, 0.3) is 0 Å². The van der Waals surface area contributed by atoms with E-state index in [0.29, 0.717) is 12.1 Å². The highest BCUT2D eigenvalue weighted by Crippen LogP contribution is 2.15. The molecule has 2 unspecified atom stereocenters. The second kappa shape index (κ2) is 6.80. The van der Waals surface area contributed by atoms with Crippen LogP contribution >= 0.6 is 0 Å². The minimum absolute atomic E-state index is 0.0734. The fourth-order valence-corrected chi connectivity index (χ4v) is 1.92. The van der Waals surface area contributed by atoms with Crippen molar-refractivity contribution in [3.63, 3.8) is 0 Å². The molecule has 4 nitrogen and oxygen atoms in total. The summed E-state index contributed by atoms with van der Waals surface area (Å²) in [5.41, 5.74) is 2.33. The third-order valence-electron chi connectivity index (χ3n) is 3.17. The van der Waals surface area contributed by atoms with Gasteiger partial charge in [-0.1, -0.05) is 18.2 Å². The number of nitrogens with zero attached hydrogens (tertiary/aromatic N) is 2. The number of aliphatic hydroxyl groups is 1. The van der Waals surface area contributed by atoms with Gasteiger partial charge in [-0.2, -0.15) is 5.26 Å². The van der Waals surface area contributed by atoms with Crippen molar-refractivity contribution in [1.82, 2.24) is 10.3 Å². The van der Waals surface area contributed by atoms with Crippen LogP contribution in [0, 0.1) is 11.3 Å². The van der Waals surface area contributed by atoms with Crippen molar-refractivity contribution in [2.75, 3.05) is 6.54 Å². The first-order valence-electron chi connectivity index (χ1n) is 6.53. The van der Waals surface area contributed by atoms with Gasteiger partial charge in [0.2, 0.25) is 0 Å². The summed E-state index contributed by atoms with van der Waals surface area (Å²) in [4.78, 5) is 4.27. The first-order chi connectivity index (χ1) is 9.70. The maximum absolute atomic E-state index is 10.1. The Balaban J connectivity index is 1.91. The quantitative estimate of drug-likeness (QED) is 0.872. The lowest BCUT2D eigenvalue weighted by atomic mass is 10.1. The van der Waals surface area contributed by atoms with Crippen LogP contribution in [-0.4, -0.2) is 16.6 Å². The maximum atomic E-state index is 10.1. The van der Waals surface area contributed by atoms with Crippen LogP contribution in [0.4, 0.5) is 0 Å². The van der Waals surface area contributed by atoms with Crippen LogP contribution in [0.1, 0.15) is 35.9 Å². The number of aromatic nitrogens is 1. The molecule has 2 N–H and O–H groups in total. The lowest BCUT2D eigenvalue weighted by Gasteiger charge is -2.17. The lowest BCUT2D eigenvalue weighted by molar-refractivity contribution is 0.170. The van der Waals surface area contributed by atoms with E-state index < -0.39 is 6.10 Å². The van der Waals surface area contributed by atoms with E-state index in [4.69, 9.17) is 5.26 Å². The molecule has 0 aliphatic rings. The minimum atomic E-state index is -0.603. The molecule has 0 spiro atoms. The molecular weight excluding hydrogens is 250 g/mol. The van der Waals surface area contributed by atoms with Crippen molar-refractivity contribution < 1.29 is 5.11 Å². The summed E-state index contributed by atoms with van der Waals surface area (Å²) in [7, 11) is 0. The van der Waals surface area contributed by atoms with E-state index in [-0.39, 0.29) is 6.04 Å². The van der Waals surface area contributed by atoms with Gasteiger partial charge in [-0.15, -0.1) is 0 Å². The highest BCUT2D eigenvalue weighted by molar-refractivity contribution is 5.32. The van der Waals surface area contributed by atoms with Gasteiger partial charge in [-0.25, -0.2) is 0 Å². The van der Waals surface area contributed by atoms with Gasteiger partial charge < -0.3 is 10.4 Å². The lowest BCUT2D eigenvalue weighted by Crippen LogP contribution is -2.25. The first-order valence-corrected chi connectivity index (χ1v) is 6.53. The van der Waals surface area contributed by atoms with Gasteiger partial charge in [0.05, 0.1) is 23.4 Å². The second-order valence-electron chi connectivity index (χ2n) is 4.63. The number of hydrogen-bond donors (Lipinski definition) is 2. The average Bonchev–Trinajstić information content (AvgIpc) is 2.53. The van der Waals surface area contributed by atoms with E-state index >= 15 is 0 Å². The summed E-state index contributed by atoms with van der Waals surface area (Å²) in [6.07, 6.45) is 1.15. The van der Waals surface area contributed by atoms with Crippen LogP contribution < -0.4 is 5.32 Å². The smallest absolute Gasteiger partial charge is 0.0991 e. The van der Waals surface area contributed by atoms with Crippen molar-refractivity contribution in [3.05, 3.63) is 65.5 Å². The van der Waals surface area contributed by atoms with Crippen molar-refractivity contribution in [2.24, 2.45) is 0 Å². The number of hydrogen-bond acceptors (Lipinski definition) is 4. The Bertz CT molecular complexity index is 575. The van der Waals surface area contributed by atoms with Gasteiger partial charge in [0, 0.05) is 18.8 Å². The van der Waals surface area contributed by atoms with Gasteiger partial charge >= 0.3 is 0 Å². The molecule has 1 heterocycles. The molecule has 0 bridgehead atoms. The summed E-state index contributed by atoms with van der Waals surface area (Å²) in [6, 6.07) is 14.9. The molecule has 4 heteroatoms. The molecule has 1 aromatic carbocycles. The molecular formula is C16H17N3O. The number of nitriles is 1. The van der Waals surface area contributed by atoms with E-state index in [1.165, 1.54) is 0 Å². The van der Waals surface area contributed by atoms with Gasteiger partial charge in [0.1, 0.15) is 0 Å². The summed E-state index contributed by atoms with van der Waals surface area (Å²) < 4.78 is 0. The van der Waals surface area contributed by atoms with Gasteiger partial charge in [0.15, 0.2) is 0 Å². The molecule has 0 radical (unpaired) electrons. The average molecular weight is 267 g/mol. The number of benzene rings is 1. The van der Waals surface area contributed by atoms with E-state index in [9.17, 15) is 5.11 Å². The number of pyridine rings is 1.